The fourth-order valence-corrected chi connectivity index (χ4v) is 3.13. The number of rotatable bonds is 6. The summed E-state index contributed by atoms with van der Waals surface area (Å²) in [6.07, 6.45) is 7.12. The molecule has 0 spiro atoms. The Hall–Kier alpha value is -2.34. The minimum atomic E-state index is -0.303. The molecule has 0 aromatic carbocycles. The minimum Gasteiger partial charge on any atom is -0.465 e. The summed E-state index contributed by atoms with van der Waals surface area (Å²) >= 11 is 1.40. The van der Waals surface area contributed by atoms with Gasteiger partial charge in [-0.1, -0.05) is 0 Å². The molecule has 5 nitrogen and oxygen atoms in total. The average Bonchev–Trinajstić information content (AvgIpc) is 3.27. The molecule has 22 heavy (non-hydrogen) atoms. The van der Waals surface area contributed by atoms with E-state index in [0.29, 0.717) is 4.88 Å². The van der Waals surface area contributed by atoms with Crippen molar-refractivity contribution in [2.24, 2.45) is 0 Å². The van der Waals surface area contributed by atoms with Crippen LogP contribution < -0.4 is 0 Å². The molecule has 3 rings (SSSR count). The summed E-state index contributed by atoms with van der Waals surface area (Å²) in [4.78, 5) is 13.1. The highest BCUT2D eigenvalue weighted by Crippen LogP contribution is 2.27. The van der Waals surface area contributed by atoms with E-state index in [1.54, 1.807) is 6.07 Å². The first-order chi connectivity index (χ1) is 10.8. The SMILES string of the molecule is COC(=O)c1ccc(-c2ccn(CCCn3cccc3)n2)s1. The molecular formula is C16H17N3O2S. The molecule has 3 aromatic rings. The van der Waals surface area contributed by atoms with Gasteiger partial charge in [-0.2, -0.15) is 5.10 Å². The predicted molar refractivity (Wildman–Crippen MR) is 85.9 cm³/mol. The lowest BCUT2D eigenvalue weighted by Crippen LogP contribution is -2.03. The summed E-state index contributed by atoms with van der Waals surface area (Å²) in [7, 11) is 1.39. The summed E-state index contributed by atoms with van der Waals surface area (Å²) in [5, 5.41) is 4.56. The van der Waals surface area contributed by atoms with Crippen molar-refractivity contribution in [1.29, 1.82) is 0 Å². The highest BCUT2D eigenvalue weighted by Gasteiger charge is 2.11. The average molecular weight is 315 g/mol. The number of esters is 1. The van der Waals surface area contributed by atoms with Crippen molar-refractivity contribution < 1.29 is 9.53 Å². The van der Waals surface area contributed by atoms with Crippen molar-refractivity contribution in [2.75, 3.05) is 7.11 Å². The van der Waals surface area contributed by atoms with Crippen LogP contribution in [0.2, 0.25) is 0 Å². The van der Waals surface area contributed by atoms with Crippen molar-refractivity contribution in [3.63, 3.8) is 0 Å². The molecule has 0 radical (unpaired) electrons. The fraction of sp³-hybridized carbons (Fsp3) is 0.250. The number of thiophene rings is 1. The zero-order valence-electron chi connectivity index (χ0n) is 12.3. The Morgan fingerprint density at radius 1 is 1.18 bits per heavy atom. The van der Waals surface area contributed by atoms with E-state index in [1.807, 2.05) is 35.1 Å². The standard InChI is InChI=1S/C16H17N3O2S/c1-21-16(20)15-6-5-14(22-15)13-7-12-19(17-13)11-4-10-18-8-2-3-9-18/h2-3,5-9,12H,4,10-11H2,1H3. The third-order valence-corrected chi connectivity index (χ3v) is 4.44. The first-order valence-electron chi connectivity index (χ1n) is 7.09. The highest BCUT2D eigenvalue weighted by atomic mass is 32.1. The van der Waals surface area contributed by atoms with Crippen LogP contribution in [0.15, 0.2) is 48.9 Å². The van der Waals surface area contributed by atoms with E-state index in [2.05, 4.69) is 22.1 Å². The second-order valence-corrected chi connectivity index (χ2v) is 5.98. The molecule has 0 saturated heterocycles. The third-order valence-electron chi connectivity index (χ3n) is 3.36. The van der Waals surface area contributed by atoms with Crippen LogP contribution in [0.3, 0.4) is 0 Å². The minimum absolute atomic E-state index is 0.303. The molecule has 0 aliphatic heterocycles. The van der Waals surface area contributed by atoms with E-state index in [4.69, 9.17) is 4.74 Å². The maximum Gasteiger partial charge on any atom is 0.348 e. The zero-order valence-corrected chi connectivity index (χ0v) is 13.1. The topological polar surface area (TPSA) is 49.0 Å². The van der Waals surface area contributed by atoms with Gasteiger partial charge in [0.25, 0.3) is 0 Å². The Bertz CT molecular complexity index is 743. The molecule has 0 amide bonds. The Morgan fingerprint density at radius 2 is 2.00 bits per heavy atom. The van der Waals surface area contributed by atoms with E-state index >= 15 is 0 Å². The van der Waals surface area contributed by atoms with Crippen LogP contribution in [-0.2, 0) is 17.8 Å². The molecule has 0 saturated carbocycles. The fourth-order valence-electron chi connectivity index (χ4n) is 2.24. The first-order valence-corrected chi connectivity index (χ1v) is 7.90. The number of carbonyl (C=O) groups excluding carboxylic acids is 1. The van der Waals surface area contributed by atoms with Crippen LogP contribution in [0.5, 0.6) is 0 Å². The summed E-state index contributed by atoms with van der Waals surface area (Å²) in [5.74, 6) is -0.303. The van der Waals surface area contributed by atoms with E-state index in [0.717, 1.165) is 30.1 Å². The lowest BCUT2D eigenvalue weighted by molar-refractivity contribution is 0.0606. The van der Waals surface area contributed by atoms with Crippen molar-refractivity contribution in [3.8, 4) is 10.6 Å². The Labute approximate surface area is 132 Å². The van der Waals surface area contributed by atoms with Crippen LogP contribution in [0.1, 0.15) is 16.1 Å². The quantitative estimate of drug-likeness (QED) is 0.656. The van der Waals surface area contributed by atoms with Crippen LogP contribution in [0, 0.1) is 0 Å². The summed E-state index contributed by atoms with van der Waals surface area (Å²) in [5.41, 5.74) is 0.890. The molecule has 6 heteroatoms. The van der Waals surface area contributed by atoms with Crippen molar-refractivity contribution in [1.82, 2.24) is 14.3 Å². The van der Waals surface area contributed by atoms with Gasteiger partial charge in [-0.05, 0) is 36.8 Å². The Balaban J connectivity index is 1.61. The van der Waals surface area contributed by atoms with Gasteiger partial charge in [-0.25, -0.2) is 4.79 Å². The van der Waals surface area contributed by atoms with Gasteiger partial charge in [0, 0.05) is 31.7 Å². The van der Waals surface area contributed by atoms with E-state index in [1.165, 1.54) is 18.4 Å². The molecule has 0 unspecified atom stereocenters. The van der Waals surface area contributed by atoms with Gasteiger partial charge in [0.1, 0.15) is 10.6 Å². The molecule has 114 valence electrons. The van der Waals surface area contributed by atoms with Gasteiger partial charge in [-0.15, -0.1) is 11.3 Å². The summed E-state index contributed by atoms with van der Waals surface area (Å²) < 4.78 is 8.82. The van der Waals surface area contributed by atoms with Gasteiger partial charge in [0.05, 0.1) is 12.0 Å². The number of aromatic nitrogens is 3. The largest absolute Gasteiger partial charge is 0.465 e. The molecule has 3 aromatic heterocycles. The van der Waals surface area contributed by atoms with Crippen molar-refractivity contribution in [2.45, 2.75) is 19.5 Å². The predicted octanol–water partition coefficient (Wildman–Crippen LogP) is 3.29. The number of aryl methyl sites for hydroxylation is 2. The van der Waals surface area contributed by atoms with Crippen LogP contribution in [-0.4, -0.2) is 27.4 Å². The number of methoxy groups -OCH3 is 1. The lowest BCUT2D eigenvalue weighted by atomic mass is 10.3. The molecule has 0 atom stereocenters. The van der Waals surface area contributed by atoms with Crippen LogP contribution >= 0.6 is 11.3 Å². The number of ether oxygens (including phenoxy) is 1. The molecule has 0 fully saturated rings. The molecule has 0 bridgehead atoms. The molecule has 0 N–H and O–H groups in total. The Kier molecular flexibility index (Phi) is 4.39. The number of hydrogen-bond donors (Lipinski definition) is 0. The molecular weight excluding hydrogens is 298 g/mol. The van der Waals surface area contributed by atoms with Gasteiger partial charge >= 0.3 is 5.97 Å². The van der Waals surface area contributed by atoms with Crippen LogP contribution in [0.4, 0.5) is 0 Å². The zero-order chi connectivity index (χ0) is 15.4. The lowest BCUT2D eigenvalue weighted by Gasteiger charge is -2.03. The maximum atomic E-state index is 11.5. The second-order valence-electron chi connectivity index (χ2n) is 4.89. The first kappa shape index (κ1) is 14.6. The number of carbonyl (C=O) groups is 1. The number of hydrogen-bond acceptors (Lipinski definition) is 4. The Morgan fingerprint density at radius 3 is 2.77 bits per heavy atom. The van der Waals surface area contributed by atoms with E-state index < -0.39 is 0 Å². The van der Waals surface area contributed by atoms with Gasteiger partial charge in [0.2, 0.25) is 0 Å². The van der Waals surface area contributed by atoms with Gasteiger partial charge in [-0.3, -0.25) is 4.68 Å². The van der Waals surface area contributed by atoms with Crippen LogP contribution in [0.25, 0.3) is 10.6 Å². The van der Waals surface area contributed by atoms with E-state index in [-0.39, 0.29) is 5.97 Å². The van der Waals surface area contributed by atoms with Crippen molar-refractivity contribution >= 4 is 17.3 Å². The third kappa shape index (κ3) is 3.28. The summed E-state index contributed by atoms with van der Waals surface area (Å²) in [6.45, 7) is 1.85. The maximum absolute atomic E-state index is 11.5. The smallest absolute Gasteiger partial charge is 0.348 e. The van der Waals surface area contributed by atoms with Gasteiger partial charge < -0.3 is 9.30 Å². The molecule has 0 aliphatic carbocycles. The van der Waals surface area contributed by atoms with Crippen molar-refractivity contribution in [3.05, 3.63) is 53.8 Å². The second kappa shape index (κ2) is 6.62. The highest BCUT2D eigenvalue weighted by molar-refractivity contribution is 7.17. The van der Waals surface area contributed by atoms with Gasteiger partial charge in [0.15, 0.2) is 0 Å². The monoisotopic (exact) mass is 315 g/mol. The normalized spacial score (nSPS) is 10.8. The number of nitrogens with zero attached hydrogens (tertiary/aromatic N) is 3. The molecule has 0 aliphatic rings. The summed E-state index contributed by atoms with van der Waals surface area (Å²) in [6, 6.07) is 9.71. The molecule has 3 heterocycles. The van der Waals surface area contributed by atoms with E-state index in [9.17, 15) is 4.79 Å².